The van der Waals surface area contributed by atoms with Crippen LogP contribution >= 0.6 is 22.7 Å². The largest absolute Gasteiger partial charge is 0.462 e. The summed E-state index contributed by atoms with van der Waals surface area (Å²) in [4.78, 5) is 36.4. The summed E-state index contributed by atoms with van der Waals surface area (Å²) in [6.07, 6.45) is 3.19. The maximum atomic E-state index is 12.9. The molecule has 0 bridgehead atoms. The topological polar surface area (TPSA) is 73.1 Å². The second kappa shape index (κ2) is 6.04. The fourth-order valence-corrected chi connectivity index (χ4v) is 5.45. The third kappa shape index (κ3) is 2.52. The highest BCUT2D eigenvalue weighted by Crippen LogP contribution is 2.36. The summed E-state index contributed by atoms with van der Waals surface area (Å²) in [7, 11) is 0. The van der Waals surface area contributed by atoms with Gasteiger partial charge < -0.3 is 4.42 Å². The van der Waals surface area contributed by atoms with Gasteiger partial charge in [0.2, 0.25) is 0 Å². The van der Waals surface area contributed by atoms with Crippen LogP contribution in [0.1, 0.15) is 25.7 Å². The second-order valence-electron chi connectivity index (χ2n) is 6.62. The van der Waals surface area contributed by atoms with Gasteiger partial charge in [0.05, 0.1) is 11.8 Å². The van der Waals surface area contributed by atoms with Gasteiger partial charge in [-0.15, -0.1) is 0 Å². The van der Waals surface area contributed by atoms with Gasteiger partial charge in [0.25, 0.3) is 0 Å². The number of allylic oxidation sites excluding steroid dienone is 1. The van der Waals surface area contributed by atoms with Gasteiger partial charge in [0.15, 0.2) is 32.0 Å². The first-order valence-corrected chi connectivity index (χ1v) is 10.5. The zero-order chi connectivity index (χ0) is 19.5. The summed E-state index contributed by atoms with van der Waals surface area (Å²) in [5, 5.41) is 3.24. The molecular formula is C22H10N2O3S2. The fourth-order valence-electron chi connectivity index (χ4n) is 3.49. The van der Waals surface area contributed by atoms with Crippen molar-refractivity contribution in [2.45, 2.75) is 0 Å². The molecule has 1 aliphatic carbocycles. The van der Waals surface area contributed by atoms with Gasteiger partial charge in [-0.25, -0.2) is 9.97 Å². The molecule has 0 saturated heterocycles. The second-order valence-corrected chi connectivity index (χ2v) is 8.61. The molecule has 0 unspecified atom stereocenters. The van der Waals surface area contributed by atoms with E-state index in [0.29, 0.717) is 21.9 Å². The van der Waals surface area contributed by atoms with Crippen LogP contribution in [0, 0.1) is 0 Å². The summed E-state index contributed by atoms with van der Waals surface area (Å²) in [6, 6.07) is 15.0. The highest BCUT2D eigenvalue weighted by Gasteiger charge is 2.33. The van der Waals surface area contributed by atoms with Crippen molar-refractivity contribution in [2.24, 2.45) is 0 Å². The predicted octanol–water partition coefficient (Wildman–Crippen LogP) is 5.63. The number of Topliss-reactive ketones (excluding diaryl/α,β-unsaturated/α-hetero) is 2. The molecule has 2 aromatic carbocycles. The molecule has 7 heteroatoms. The first kappa shape index (κ1) is 16.5. The Hall–Kier alpha value is -3.42. The van der Waals surface area contributed by atoms with E-state index in [0.717, 1.165) is 25.4 Å². The van der Waals surface area contributed by atoms with Gasteiger partial charge >= 0.3 is 0 Å². The van der Waals surface area contributed by atoms with Gasteiger partial charge in [-0.2, -0.15) is 0 Å². The van der Waals surface area contributed by atoms with E-state index in [4.69, 9.17) is 4.42 Å². The highest BCUT2D eigenvalue weighted by molar-refractivity contribution is 7.28. The van der Waals surface area contributed by atoms with Gasteiger partial charge in [-0.05, 0) is 41.1 Å². The molecule has 0 spiro atoms. The van der Waals surface area contributed by atoms with Crippen LogP contribution in [0.3, 0.4) is 0 Å². The van der Waals surface area contributed by atoms with Crippen LogP contribution in [0.25, 0.3) is 37.3 Å². The zero-order valence-corrected chi connectivity index (χ0v) is 16.3. The number of thiazole rings is 2. The van der Waals surface area contributed by atoms with Crippen LogP contribution in [0.5, 0.6) is 0 Å². The number of ketones is 2. The minimum atomic E-state index is -0.251. The van der Waals surface area contributed by atoms with Crippen LogP contribution < -0.4 is 0 Å². The molecule has 138 valence electrons. The average Bonchev–Trinajstić information content (AvgIpc) is 3.48. The third-order valence-electron chi connectivity index (χ3n) is 4.86. The van der Waals surface area contributed by atoms with Crippen LogP contribution in [-0.2, 0) is 0 Å². The Labute approximate surface area is 172 Å². The minimum Gasteiger partial charge on any atom is -0.462 e. The molecule has 0 atom stereocenters. The lowest BCUT2D eigenvalue weighted by molar-refractivity contribution is 0.0990. The summed E-state index contributed by atoms with van der Waals surface area (Å²) in [5.41, 5.74) is 1.07. The quantitative estimate of drug-likeness (QED) is 0.276. The molecule has 0 saturated carbocycles. The fraction of sp³-hybridized carbons (Fsp3) is 0. The summed E-state index contributed by atoms with van der Waals surface area (Å²) < 4.78 is 5.38. The molecular weight excluding hydrogens is 404 g/mol. The third-order valence-corrected chi connectivity index (χ3v) is 6.85. The number of carbonyl (C=O) groups excluding carboxylic acids is 2. The highest BCUT2D eigenvalue weighted by atomic mass is 32.1. The van der Waals surface area contributed by atoms with Gasteiger partial charge in [0.1, 0.15) is 5.01 Å². The van der Waals surface area contributed by atoms with Gasteiger partial charge in [-0.3, -0.25) is 9.59 Å². The predicted molar refractivity (Wildman–Crippen MR) is 114 cm³/mol. The van der Waals surface area contributed by atoms with Crippen molar-refractivity contribution < 1.29 is 14.0 Å². The van der Waals surface area contributed by atoms with Crippen molar-refractivity contribution in [3.05, 3.63) is 76.5 Å². The smallest absolute Gasteiger partial charge is 0.197 e. The molecule has 0 N–H and O–H groups in total. The van der Waals surface area contributed by atoms with Crippen molar-refractivity contribution >= 4 is 60.7 Å². The summed E-state index contributed by atoms with van der Waals surface area (Å²) >= 11 is 2.77. The number of carbonyl (C=O) groups is 2. The van der Waals surface area contributed by atoms with E-state index in [1.165, 1.54) is 22.7 Å². The van der Waals surface area contributed by atoms with E-state index in [9.17, 15) is 9.59 Å². The zero-order valence-electron chi connectivity index (χ0n) is 14.7. The number of hydrogen-bond acceptors (Lipinski definition) is 7. The molecule has 3 aromatic heterocycles. The first-order chi connectivity index (χ1) is 14.2. The maximum absolute atomic E-state index is 12.9. The number of furan rings is 1. The van der Waals surface area contributed by atoms with E-state index in [1.54, 1.807) is 24.5 Å². The van der Waals surface area contributed by atoms with E-state index in [2.05, 4.69) is 9.97 Å². The van der Waals surface area contributed by atoms with Gasteiger partial charge in [-0.1, -0.05) is 46.9 Å². The van der Waals surface area contributed by atoms with E-state index in [-0.39, 0.29) is 17.1 Å². The Bertz CT molecular complexity index is 1400. The number of fused-ring (bicyclic) bond motifs is 3. The molecule has 6 rings (SSSR count). The summed E-state index contributed by atoms with van der Waals surface area (Å²) in [5.74, 6) is 0.195. The van der Waals surface area contributed by atoms with Crippen molar-refractivity contribution in [3.8, 4) is 10.8 Å². The molecule has 0 radical (unpaired) electrons. The van der Waals surface area contributed by atoms with Crippen molar-refractivity contribution in [2.75, 3.05) is 0 Å². The monoisotopic (exact) mass is 414 g/mol. The Balaban J connectivity index is 1.41. The molecule has 0 amide bonds. The van der Waals surface area contributed by atoms with Gasteiger partial charge in [0, 0.05) is 11.1 Å². The summed E-state index contributed by atoms with van der Waals surface area (Å²) in [6.45, 7) is 0. The van der Waals surface area contributed by atoms with Crippen LogP contribution in [-0.4, -0.2) is 21.5 Å². The van der Waals surface area contributed by atoms with Crippen LogP contribution in [0.2, 0.25) is 0 Å². The average molecular weight is 414 g/mol. The number of rotatable bonds is 2. The van der Waals surface area contributed by atoms with Crippen LogP contribution in [0.15, 0.2) is 64.8 Å². The lowest BCUT2D eigenvalue weighted by Crippen LogP contribution is -1.99. The minimum absolute atomic E-state index is 0.156. The molecule has 3 heterocycles. The molecule has 29 heavy (non-hydrogen) atoms. The number of nitrogens with zero attached hydrogens (tertiary/aromatic N) is 2. The molecule has 5 nitrogen and oxygen atoms in total. The molecule has 1 aliphatic rings. The van der Waals surface area contributed by atoms with Crippen molar-refractivity contribution in [1.82, 2.24) is 9.97 Å². The molecule has 0 fully saturated rings. The number of aromatic nitrogens is 2. The standard InChI is InChI=1S/C22H10N2O3S2/c25-18-13-8-11-4-1-2-5-12(11)9-14(13)19(26)15(18)10-17-23-21-22(28-17)24-20(29-21)16-6-3-7-27-16/h1-10H. The molecule has 0 aliphatic heterocycles. The maximum Gasteiger partial charge on any atom is 0.197 e. The lowest BCUT2D eigenvalue weighted by atomic mass is 10.0. The lowest BCUT2D eigenvalue weighted by Gasteiger charge is -2.00. The Morgan fingerprint density at radius 3 is 2.14 bits per heavy atom. The first-order valence-electron chi connectivity index (χ1n) is 8.82. The molecule has 5 aromatic rings. The Morgan fingerprint density at radius 1 is 0.828 bits per heavy atom. The Kier molecular flexibility index (Phi) is 3.44. The van der Waals surface area contributed by atoms with E-state index >= 15 is 0 Å². The van der Waals surface area contributed by atoms with E-state index in [1.807, 2.05) is 36.4 Å². The number of benzene rings is 2. The van der Waals surface area contributed by atoms with E-state index < -0.39 is 0 Å². The van der Waals surface area contributed by atoms with Crippen molar-refractivity contribution in [3.63, 3.8) is 0 Å². The normalized spacial score (nSPS) is 13.6. The van der Waals surface area contributed by atoms with Crippen molar-refractivity contribution in [1.29, 1.82) is 0 Å². The SMILES string of the molecule is O=C1C(=Cc2nc3sc(-c4ccco4)nc3s2)C(=O)c2cc3ccccc3cc21. The number of hydrogen-bond donors (Lipinski definition) is 0. The Morgan fingerprint density at radius 2 is 1.52 bits per heavy atom. The van der Waals surface area contributed by atoms with Crippen LogP contribution in [0.4, 0.5) is 0 Å².